The lowest BCUT2D eigenvalue weighted by Gasteiger charge is -2.01. The van der Waals surface area contributed by atoms with Crippen LogP contribution in [0.2, 0.25) is 0 Å². The Labute approximate surface area is 76.3 Å². The minimum atomic E-state index is -3.08. The van der Waals surface area contributed by atoms with E-state index < -0.39 is 15.7 Å². The summed E-state index contributed by atoms with van der Waals surface area (Å²) >= 11 is 0. The summed E-state index contributed by atoms with van der Waals surface area (Å²) in [6, 6.07) is 3.90. The SMILES string of the molecule is CS(=O)(=O)Cc1ccc(F)c(N)c1. The van der Waals surface area contributed by atoms with E-state index in [9.17, 15) is 12.8 Å². The molecule has 0 fully saturated rings. The van der Waals surface area contributed by atoms with Crippen molar-refractivity contribution in [3.8, 4) is 0 Å². The number of rotatable bonds is 2. The Balaban J connectivity index is 2.99. The second-order valence-electron chi connectivity index (χ2n) is 2.93. The number of anilines is 1. The van der Waals surface area contributed by atoms with Crippen LogP contribution in [0.4, 0.5) is 10.1 Å². The molecule has 1 rings (SSSR count). The van der Waals surface area contributed by atoms with E-state index in [0.29, 0.717) is 5.56 Å². The minimum Gasteiger partial charge on any atom is -0.396 e. The largest absolute Gasteiger partial charge is 0.396 e. The quantitative estimate of drug-likeness (QED) is 0.728. The molecule has 72 valence electrons. The van der Waals surface area contributed by atoms with E-state index in [4.69, 9.17) is 5.73 Å². The molecule has 1 aromatic carbocycles. The molecule has 0 bridgehead atoms. The molecule has 0 unspecified atom stereocenters. The average molecular weight is 203 g/mol. The molecule has 2 N–H and O–H groups in total. The number of hydrogen-bond acceptors (Lipinski definition) is 3. The number of halogens is 1. The molecule has 0 atom stereocenters. The molecule has 0 amide bonds. The van der Waals surface area contributed by atoms with Crippen LogP contribution < -0.4 is 5.73 Å². The van der Waals surface area contributed by atoms with Crippen molar-refractivity contribution >= 4 is 15.5 Å². The van der Waals surface area contributed by atoms with Gasteiger partial charge in [-0.15, -0.1) is 0 Å². The van der Waals surface area contributed by atoms with Crippen LogP contribution in [0.5, 0.6) is 0 Å². The molecule has 0 radical (unpaired) electrons. The third-order valence-electron chi connectivity index (χ3n) is 1.49. The summed E-state index contributed by atoms with van der Waals surface area (Å²) in [4.78, 5) is 0. The van der Waals surface area contributed by atoms with Crippen molar-refractivity contribution in [3.63, 3.8) is 0 Å². The van der Waals surface area contributed by atoms with Crippen LogP contribution in [0.3, 0.4) is 0 Å². The van der Waals surface area contributed by atoms with E-state index in [1.165, 1.54) is 12.1 Å². The molecule has 0 saturated heterocycles. The van der Waals surface area contributed by atoms with Gasteiger partial charge in [-0.1, -0.05) is 6.07 Å². The van der Waals surface area contributed by atoms with Gasteiger partial charge in [0.2, 0.25) is 0 Å². The molecular weight excluding hydrogens is 193 g/mol. The van der Waals surface area contributed by atoms with Crippen molar-refractivity contribution in [1.82, 2.24) is 0 Å². The molecule has 1 aromatic rings. The summed E-state index contributed by atoms with van der Waals surface area (Å²) < 4.78 is 34.4. The molecule has 0 aliphatic carbocycles. The van der Waals surface area contributed by atoms with Crippen LogP contribution in [0.15, 0.2) is 18.2 Å². The van der Waals surface area contributed by atoms with Crippen LogP contribution in [0.25, 0.3) is 0 Å². The highest BCUT2D eigenvalue weighted by molar-refractivity contribution is 7.89. The average Bonchev–Trinajstić information content (AvgIpc) is 1.94. The van der Waals surface area contributed by atoms with Gasteiger partial charge in [0.1, 0.15) is 5.82 Å². The maximum absolute atomic E-state index is 12.7. The molecule has 0 spiro atoms. The first-order valence-corrected chi connectivity index (χ1v) is 5.66. The van der Waals surface area contributed by atoms with Gasteiger partial charge in [-0.3, -0.25) is 0 Å². The predicted octanol–water partition coefficient (Wildman–Crippen LogP) is 0.953. The smallest absolute Gasteiger partial charge is 0.151 e. The maximum atomic E-state index is 12.7. The zero-order valence-electron chi connectivity index (χ0n) is 7.12. The fourth-order valence-electron chi connectivity index (χ4n) is 0.986. The van der Waals surface area contributed by atoms with Crippen LogP contribution in [-0.4, -0.2) is 14.7 Å². The Kier molecular flexibility index (Phi) is 2.56. The highest BCUT2D eigenvalue weighted by atomic mass is 32.2. The lowest BCUT2D eigenvalue weighted by Crippen LogP contribution is -2.02. The van der Waals surface area contributed by atoms with Crippen LogP contribution in [0, 0.1) is 5.82 Å². The van der Waals surface area contributed by atoms with Gasteiger partial charge in [0.25, 0.3) is 0 Å². The minimum absolute atomic E-state index is 0.0267. The molecule has 0 heterocycles. The van der Waals surface area contributed by atoms with E-state index >= 15 is 0 Å². The van der Waals surface area contributed by atoms with Crippen LogP contribution >= 0.6 is 0 Å². The fraction of sp³-hybridized carbons (Fsp3) is 0.250. The monoisotopic (exact) mass is 203 g/mol. The van der Waals surface area contributed by atoms with E-state index in [0.717, 1.165) is 12.3 Å². The molecule has 13 heavy (non-hydrogen) atoms. The first kappa shape index (κ1) is 9.98. The number of hydrogen-bond donors (Lipinski definition) is 1. The summed E-state index contributed by atoms with van der Waals surface area (Å²) in [6.07, 6.45) is 1.12. The third-order valence-corrected chi connectivity index (χ3v) is 2.35. The lowest BCUT2D eigenvalue weighted by molar-refractivity contribution is 0.600. The Morgan fingerprint density at radius 3 is 2.54 bits per heavy atom. The fourth-order valence-corrected chi connectivity index (χ4v) is 1.77. The van der Waals surface area contributed by atoms with E-state index in [2.05, 4.69) is 0 Å². The lowest BCUT2D eigenvalue weighted by atomic mass is 10.2. The second-order valence-corrected chi connectivity index (χ2v) is 5.07. The molecule has 5 heteroatoms. The van der Waals surface area contributed by atoms with E-state index in [1.54, 1.807) is 0 Å². The first-order valence-electron chi connectivity index (χ1n) is 3.60. The Morgan fingerprint density at radius 2 is 2.08 bits per heavy atom. The summed E-state index contributed by atoms with van der Waals surface area (Å²) in [6.45, 7) is 0. The normalized spacial score (nSPS) is 11.5. The Hall–Kier alpha value is -1.10. The van der Waals surface area contributed by atoms with Gasteiger partial charge in [-0.25, -0.2) is 12.8 Å². The second kappa shape index (κ2) is 3.33. The van der Waals surface area contributed by atoms with Crippen molar-refractivity contribution in [2.24, 2.45) is 0 Å². The van der Waals surface area contributed by atoms with E-state index in [1.807, 2.05) is 0 Å². The summed E-state index contributed by atoms with van der Waals surface area (Å²) in [5.74, 6) is -0.644. The Morgan fingerprint density at radius 1 is 1.46 bits per heavy atom. The maximum Gasteiger partial charge on any atom is 0.151 e. The summed E-state index contributed by atoms with van der Waals surface area (Å²) in [5, 5.41) is 0. The van der Waals surface area contributed by atoms with Crippen molar-refractivity contribution in [2.45, 2.75) is 5.75 Å². The zero-order chi connectivity index (χ0) is 10.1. The highest BCUT2D eigenvalue weighted by Crippen LogP contribution is 2.13. The first-order chi connectivity index (χ1) is 5.88. The van der Waals surface area contributed by atoms with Crippen molar-refractivity contribution in [1.29, 1.82) is 0 Å². The van der Waals surface area contributed by atoms with E-state index in [-0.39, 0.29) is 11.4 Å². The third kappa shape index (κ3) is 3.02. The molecular formula is C8H10FNO2S. The molecule has 0 aliphatic heterocycles. The summed E-state index contributed by atoms with van der Waals surface area (Å²) in [5.41, 5.74) is 5.74. The van der Waals surface area contributed by atoms with Gasteiger partial charge >= 0.3 is 0 Å². The Bertz CT molecular complexity index is 414. The van der Waals surface area contributed by atoms with Gasteiger partial charge in [0, 0.05) is 6.26 Å². The van der Waals surface area contributed by atoms with Crippen LogP contribution in [0.1, 0.15) is 5.56 Å². The van der Waals surface area contributed by atoms with Crippen molar-refractivity contribution < 1.29 is 12.8 Å². The molecule has 0 aliphatic rings. The van der Waals surface area contributed by atoms with Gasteiger partial charge in [-0.05, 0) is 17.7 Å². The standard InChI is InChI=1S/C8H10FNO2S/c1-13(11,12)5-6-2-3-7(9)8(10)4-6/h2-4H,5,10H2,1H3. The van der Waals surface area contributed by atoms with Gasteiger partial charge < -0.3 is 5.73 Å². The number of nitrogen functional groups attached to an aromatic ring is 1. The molecule has 3 nitrogen and oxygen atoms in total. The zero-order valence-corrected chi connectivity index (χ0v) is 7.94. The molecule has 0 aromatic heterocycles. The topological polar surface area (TPSA) is 60.2 Å². The van der Waals surface area contributed by atoms with Crippen molar-refractivity contribution in [3.05, 3.63) is 29.6 Å². The highest BCUT2D eigenvalue weighted by Gasteiger charge is 2.06. The molecule has 0 saturated carbocycles. The number of benzene rings is 1. The number of nitrogens with two attached hydrogens (primary N) is 1. The summed E-state index contributed by atoms with van der Waals surface area (Å²) in [7, 11) is -3.08. The van der Waals surface area contributed by atoms with Crippen LogP contribution in [-0.2, 0) is 15.6 Å². The predicted molar refractivity (Wildman–Crippen MR) is 49.4 cm³/mol. The van der Waals surface area contributed by atoms with Gasteiger partial charge in [0.15, 0.2) is 9.84 Å². The van der Waals surface area contributed by atoms with Gasteiger partial charge in [0.05, 0.1) is 11.4 Å². The van der Waals surface area contributed by atoms with Crippen molar-refractivity contribution in [2.75, 3.05) is 12.0 Å². The number of sulfone groups is 1. The van der Waals surface area contributed by atoms with Gasteiger partial charge in [-0.2, -0.15) is 0 Å².